The third-order valence-corrected chi connectivity index (χ3v) is 7.09. The van der Waals surface area contributed by atoms with E-state index in [1.807, 2.05) is 166 Å². The molecular weight excluding hydrogens is 721 g/mol. The van der Waals surface area contributed by atoms with Crippen molar-refractivity contribution >= 4 is 10.8 Å². The molecule has 0 atom stereocenters. The van der Waals surface area contributed by atoms with Crippen molar-refractivity contribution in [2.75, 3.05) is 0 Å². The topological polar surface area (TPSA) is 0 Å². The van der Waals surface area contributed by atoms with Crippen LogP contribution in [-0.4, -0.2) is 0 Å². The lowest BCUT2D eigenvalue weighted by molar-refractivity contribution is 0.975. The summed E-state index contributed by atoms with van der Waals surface area (Å²) in [6.07, 6.45) is 0. The van der Waals surface area contributed by atoms with Gasteiger partial charge in [-0.3, -0.25) is 0 Å². The highest BCUT2D eigenvalue weighted by molar-refractivity contribution is 5.84. The molecule has 0 aliphatic carbocycles. The number of benzene rings is 6. The van der Waals surface area contributed by atoms with Crippen molar-refractivity contribution < 1.29 is 0 Å². The molecule has 0 aliphatic heterocycles. The van der Waals surface area contributed by atoms with Crippen LogP contribution in [0.25, 0.3) is 10.8 Å². The zero-order valence-electron chi connectivity index (χ0n) is 44.2. The van der Waals surface area contributed by atoms with E-state index in [2.05, 4.69) is 158 Å². The maximum atomic E-state index is 2.39. The van der Waals surface area contributed by atoms with Gasteiger partial charge in [0.1, 0.15) is 0 Å². The standard InChI is InChI=1S/C36H28.12C2H6/c1-5-13-28(14-6-1)35(29-15-7-2-8-16-29)32-23-21-27-22-24-33(26-34(27)25-32)36(30-17-9-3-10-18-30)31-19-11-4-12-20-31;12*1-2/h1-26,35-36H;12*1-2H3. The molecule has 6 aromatic rings. The number of rotatable bonds is 6. The predicted molar refractivity (Wildman–Crippen MR) is 288 cm³/mol. The Morgan fingerprint density at radius 3 is 0.550 bits per heavy atom. The molecule has 0 saturated heterocycles. The van der Waals surface area contributed by atoms with E-state index in [0.717, 1.165) is 0 Å². The number of hydrogen-bond acceptors (Lipinski definition) is 0. The zero-order valence-corrected chi connectivity index (χ0v) is 44.2. The average Bonchev–Trinajstić information content (AvgIpc) is 3.40. The van der Waals surface area contributed by atoms with Crippen LogP contribution < -0.4 is 0 Å². The molecule has 0 heteroatoms. The van der Waals surface area contributed by atoms with Gasteiger partial charge in [0.15, 0.2) is 0 Å². The van der Waals surface area contributed by atoms with Crippen molar-refractivity contribution in [1.29, 1.82) is 0 Å². The normalized spacial score (nSPS) is 7.97. The van der Waals surface area contributed by atoms with Crippen LogP contribution in [0.5, 0.6) is 0 Å². The highest BCUT2D eigenvalue weighted by Crippen LogP contribution is 2.36. The predicted octanol–water partition coefficient (Wildman–Crippen LogP) is 21.5. The summed E-state index contributed by atoms with van der Waals surface area (Å²) in [6, 6.07) is 57.2. The van der Waals surface area contributed by atoms with Gasteiger partial charge in [0.05, 0.1) is 0 Å². The second-order valence-electron chi connectivity index (χ2n) is 9.37. The maximum Gasteiger partial charge on any atom is 0.0340 e. The molecule has 0 saturated carbocycles. The lowest BCUT2D eigenvalue weighted by Gasteiger charge is -2.21. The Kier molecular flexibility index (Phi) is 68.9. The first-order valence-electron chi connectivity index (χ1n) is 24.6. The van der Waals surface area contributed by atoms with Gasteiger partial charge in [0.2, 0.25) is 0 Å². The van der Waals surface area contributed by atoms with Crippen LogP contribution in [0.2, 0.25) is 0 Å². The van der Waals surface area contributed by atoms with E-state index < -0.39 is 0 Å². The summed E-state index contributed by atoms with van der Waals surface area (Å²) >= 11 is 0. The molecule has 0 spiro atoms. The molecule has 0 bridgehead atoms. The first-order chi connectivity index (χ1) is 29.9. The fourth-order valence-corrected chi connectivity index (χ4v) is 5.38. The van der Waals surface area contributed by atoms with Gasteiger partial charge < -0.3 is 0 Å². The summed E-state index contributed by atoms with van der Waals surface area (Å²) in [6.45, 7) is 48.0. The smallest absolute Gasteiger partial charge is 0.0340 e. The van der Waals surface area contributed by atoms with Gasteiger partial charge in [-0.1, -0.05) is 324 Å². The number of fused-ring (bicyclic) bond motifs is 1. The average molecular weight is 821 g/mol. The van der Waals surface area contributed by atoms with E-state index in [9.17, 15) is 0 Å². The molecule has 0 heterocycles. The Bertz CT molecular complexity index is 1360. The summed E-state index contributed by atoms with van der Waals surface area (Å²) in [5.74, 6) is 0.388. The molecule has 6 rings (SSSR count). The van der Waals surface area contributed by atoms with Gasteiger partial charge in [0.25, 0.3) is 0 Å². The molecule has 6 aromatic carbocycles. The van der Waals surface area contributed by atoms with Crippen LogP contribution in [-0.2, 0) is 0 Å². The van der Waals surface area contributed by atoms with Crippen molar-refractivity contribution in [3.63, 3.8) is 0 Å². The second-order valence-corrected chi connectivity index (χ2v) is 9.37. The molecule has 0 amide bonds. The Balaban J connectivity index is -0.000000203. The van der Waals surface area contributed by atoms with E-state index in [-0.39, 0.29) is 11.8 Å². The molecule has 60 heavy (non-hydrogen) atoms. The Morgan fingerprint density at radius 1 is 0.183 bits per heavy atom. The molecule has 0 nitrogen and oxygen atoms in total. The largest absolute Gasteiger partial charge is 0.0683 e. The molecule has 0 radical (unpaired) electrons. The lowest BCUT2D eigenvalue weighted by Crippen LogP contribution is -2.04. The van der Waals surface area contributed by atoms with Gasteiger partial charge in [0, 0.05) is 11.8 Å². The quantitative estimate of drug-likeness (QED) is 0.147. The molecule has 0 aliphatic rings. The third-order valence-electron chi connectivity index (χ3n) is 7.09. The zero-order chi connectivity index (χ0) is 48.2. The van der Waals surface area contributed by atoms with E-state index in [1.165, 1.54) is 44.2 Å². The Morgan fingerprint density at radius 2 is 0.367 bits per heavy atom. The van der Waals surface area contributed by atoms with E-state index in [4.69, 9.17) is 0 Å². The summed E-state index contributed by atoms with van der Waals surface area (Å²) in [4.78, 5) is 0. The molecule has 340 valence electrons. The van der Waals surface area contributed by atoms with Crippen LogP contribution in [0.1, 0.15) is 211 Å². The van der Waals surface area contributed by atoms with Crippen molar-refractivity contribution in [3.05, 3.63) is 191 Å². The molecule has 0 fully saturated rings. The minimum absolute atomic E-state index is 0.194. The summed E-state index contributed by atoms with van der Waals surface area (Å²) < 4.78 is 0. The monoisotopic (exact) mass is 821 g/mol. The van der Waals surface area contributed by atoms with Gasteiger partial charge in [-0.2, -0.15) is 0 Å². The first kappa shape index (κ1) is 70.2. The van der Waals surface area contributed by atoms with E-state index >= 15 is 0 Å². The van der Waals surface area contributed by atoms with Crippen molar-refractivity contribution in [2.45, 2.75) is 178 Å². The van der Waals surface area contributed by atoms with Crippen LogP contribution in [0, 0.1) is 0 Å². The van der Waals surface area contributed by atoms with Gasteiger partial charge in [-0.25, -0.2) is 0 Å². The van der Waals surface area contributed by atoms with E-state index in [0.29, 0.717) is 0 Å². The fraction of sp³-hybridized carbons (Fsp3) is 0.433. The van der Waals surface area contributed by atoms with Gasteiger partial charge in [-0.15, -0.1) is 0 Å². The number of hydrogen-bond donors (Lipinski definition) is 0. The first-order valence-corrected chi connectivity index (χ1v) is 24.6. The molecule has 0 N–H and O–H groups in total. The van der Waals surface area contributed by atoms with Crippen LogP contribution in [0.4, 0.5) is 0 Å². The summed E-state index contributed by atoms with van der Waals surface area (Å²) in [5.41, 5.74) is 7.87. The molecule has 0 aromatic heterocycles. The maximum absolute atomic E-state index is 2.39. The van der Waals surface area contributed by atoms with Crippen LogP contribution >= 0.6 is 0 Å². The third kappa shape index (κ3) is 27.4. The Labute approximate surface area is 378 Å². The van der Waals surface area contributed by atoms with Gasteiger partial charge >= 0.3 is 0 Å². The van der Waals surface area contributed by atoms with E-state index in [1.54, 1.807) is 0 Å². The second kappa shape index (κ2) is 58.9. The fourth-order valence-electron chi connectivity index (χ4n) is 5.38. The summed E-state index contributed by atoms with van der Waals surface area (Å²) in [5, 5.41) is 2.54. The molecular formula is C60H100. The van der Waals surface area contributed by atoms with Crippen LogP contribution in [0.15, 0.2) is 158 Å². The SMILES string of the molecule is CC.CC.CC.CC.CC.CC.CC.CC.CC.CC.CC.CC.c1ccc(C(c2ccccc2)c2ccc3ccc(C(c4ccccc4)c4ccccc4)cc3c2)cc1. The summed E-state index contributed by atoms with van der Waals surface area (Å²) in [7, 11) is 0. The van der Waals surface area contributed by atoms with Crippen LogP contribution in [0.3, 0.4) is 0 Å². The van der Waals surface area contributed by atoms with Crippen molar-refractivity contribution in [1.82, 2.24) is 0 Å². The van der Waals surface area contributed by atoms with Gasteiger partial charge in [-0.05, 0) is 44.2 Å². The Hall–Kier alpha value is -4.42. The molecule has 0 unspecified atom stereocenters. The minimum Gasteiger partial charge on any atom is -0.0683 e. The van der Waals surface area contributed by atoms with Crippen molar-refractivity contribution in [2.24, 2.45) is 0 Å². The highest BCUT2D eigenvalue weighted by atomic mass is 14.2. The lowest BCUT2D eigenvalue weighted by atomic mass is 9.82. The van der Waals surface area contributed by atoms with Crippen molar-refractivity contribution in [3.8, 4) is 0 Å². The minimum atomic E-state index is 0.194. The highest BCUT2D eigenvalue weighted by Gasteiger charge is 2.19.